The van der Waals surface area contributed by atoms with Gasteiger partial charge in [-0.25, -0.2) is 0 Å². The Kier molecular flexibility index (Phi) is 2.77. The summed E-state index contributed by atoms with van der Waals surface area (Å²) in [6.07, 6.45) is 3.38. The van der Waals surface area contributed by atoms with Crippen LogP contribution in [0.15, 0.2) is 18.2 Å². The smallest absolute Gasteiger partial charge is 0.247 e. The number of amides is 1. The number of hydrogen-bond donors (Lipinski definition) is 1. The Bertz CT molecular complexity index is 483. The lowest BCUT2D eigenvalue weighted by atomic mass is 9.86. The molecule has 1 N–H and O–H groups in total. The third-order valence-corrected chi connectivity index (χ3v) is 4.37. The Balaban J connectivity index is 2.00. The number of benzene rings is 1. The van der Waals surface area contributed by atoms with Crippen LogP contribution >= 0.6 is 0 Å². The number of aryl methyl sites for hydroxylation is 1. The van der Waals surface area contributed by atoms with E-state index in [1.165, 1.54) is 24.1 Å². The highest BCUT2D eigenvalue weighted by molar-refractivity contribution is 6.04. The molecule has 18 heavy (non-hydrogen) atoms. The molecule has 0 bridgehead atoms. The molecule has 1 fully saturated rings. The molecule has 1 aromatic rings. The highest BCUT2D eigenvalue weighted by atomic mass is 16.2. The number of para-hydroxylation sites is 1. The lowest BCUT2D eigenvalue weighted by Gasteiger charge is -2.44. The molecule has 2 unspecified atom stereocenters. The standard InChI is InChI=1S/C15H20N2O/c1-3-11-7-8-17-13(9-11)15(18)16-12-6-4-5-10(2)14(12)17/h4-6,11,13H,3,7-9H2,1-2H3,(H,16,18). The van der Waals surface area contributed by atoms with Gasteiger partial charge in [-0.15, -0.1) is 0 Å². The molecule has 2 heterocycles. The number of carbonyl (C=O) groups is 1. The van der Waals surface area contributed by atoms with Gasteiger partial charge in [0.25, 0.3) is 0 Å². The summed E-state index contributed by atoms with van der Waals surface area (Å²) < 4.78 is 0. The second-order valence-electron chi connectivity index (χ2n) is 5.47. The number of anilines is 2. The largest absolute Gasteiger partial charge is 0.358 e. The summed E-state index contributed by atoms with van der Waals surface area (Å²) in [7, 11) is 0. The minimum absolute atomic E-state index is 0.0392. The number of fused-ring (bicyclic) bond motifs is 3. The molecule has 1 aromatic carbocycles. The van der Waals surface area contributed by atoms with Gasteiger partial charge in [-0.05, 0) is 37.3 Å². The molecule has 1 saturated heterocycles. The van der Waals surface area contributed by atoms with Crippen molar-refractivity contribution < 1.29 is 4.79 Å². The van der Waals surface area contributed by atoms with E-state index in [4.69, 9.17) is 0 Å². The predicted molar refractivity (Wildman–Crippen MR) is 74.0 cm³/mol. The van der Waals surface area contributed by atoms with Crippen LogP contribution in [0.3, 0.4) is 0 Å². The van der Waals surface area contributed by atoms with Gasteiger partial charge >= 0.3 is 0 Å². The van der Waals surface area contributed by atoms with E-state index in [-0.39, 0.29) is 11.9 Å². The maximum absolute atomic E-state index is 12.2. The highest BCUT2D eigenvalue weighted by Crippen LogP contribution is 2.39. The van der Waals surface area contributed by atoms with Crippen molar-refractivity contribution in [3.05, 3.63) is 23.8 Å². The summed E-state index contributed by atoms with van der Waals surface area (Å²) in [6.45, 7) is 5.36. The number of rotatable bonds is 1. The van der Waals surface area contributed by atoms with Crippen LogP contribution in [0, 0.1) is 12.8 Å². The zero-order valence-electron chi connectivity index (χ0n) is 11.1. The third kappa shape index (κ3) is 1.69. The lowest BCUT2D eigenvalue weighted by molar-refractivity contribution is -0.118. The first-order valence-electron chi connectivity index (χ1n) is 6.87. The van der Waals surface area contributed by atoms with Crippen molar-refractivity contribution >= 4 is 17.3 Å². The molecule has 3 nitrogen and oxygen atoms in total. The van der Waals surface area contributed by atoms with Crippen LogP contribution in [-0.2, 0) is 4.79 Å². The maximum Gasteiger partial charge on any atom is 0.247 e. The molecule has 0 aromatic heterocycles. The summed E-state index contributed by atoms with van der Waals surface area (Å²) in [6, 6.07) is 6.17. The summed E-state index contributed by atoms with van der Waals surface area (Å²) in [5.74, 6) is 0.869. The first kappa shape index (κ1) is 11.6. The van der Waals surface area contributed by atoms with E-state index in [1.807, 2.05) is 12.1 Å². The summed E-state index contributed by atoms with van der Waals surface area (Å²) in [5.41, 5.74) is 3.47. The van der Waals surface area contributed by atoms with Gasteiger partial charge in [-0.1, -0.05) is 25.5 Å². The predicted octanol–water partition coefficient (Wildman–Crippen LogP) is 2.94. The van der Waals surface area contributed by atoms with Crippen molar-refractivity contribution in [1.82, 2.24) is 0 Å². The van der Waals surface area contributed by atoms with Gasteiger partial charge in [0.05, 0.1) is 11.4 Å². The zero-order valence-corrected chi connectivity index (χ0v) is 11.1. The van der Waals surface area contributed by atoms with E-state index in [0.29, 0.717) is 5.92 Å². The Morgan fingerprint density at radius 3 is 3.06 bits per heavy atom. The molecule has 96 valence electrons. The Morgan fingerprint density at radius 2 is 2.28 bits per heavy atom. The lowest BCUT2D eigenvalue weighted by Crippen LogP contribution is -2.52. The van der Waals surface area contributed by atoms with Gasteiger partial charge in [-0.2, -0.15) is 0 Å². The van der Waals surface area contributed by atoms with Crippen molar-refractivity contribution in [2.75, 3.05) is 16.8 Å². The average molecular weight is 244 g/mol. The molecule has 2 atom stereocenters. The number of carbonyl (C=O) groups excluding carboxylic acids is 1. The van der Waals surface area contributed by atoms with Gasteiger partial charge in [0.1, 0.15) is 6.04 Å². The van der Waals surface area contributed by atoms with Crippen LogP contribution < -0.4 is 10.2 Å². The van der Waals surface area contributed by atoms with Crippen molar-refractivity contribution in [2.24, 2.45) is 5.92 Å². The third-order valence-electron chi connectivity index (χ3n) is 4.37. The molecule has 3 rings (SSSR count). The van der Waals surface area contributed by atoms with E-state index in [0.717, 1.165) is 18.7 Å². The van der Waals surface area contributed by atoms with Crippen molar-refractivity contribution in [3.63, 3.8) is 0 Å². The molecule has 0 saturated carbocycles. The Hall–Kier alpha value is -1.51. The molecule has 0 spiro atoms. The summed E-state index contributed by atoms with van der Waals surface area (Å²) >= 11 is 0. The van der Waals surface area contributed by atoms with E-state index >= 15 is 0 Å². The molecule has 0 radical (unpaired) electrons. The van der Waals surface area contributed by atoms with Gasteiger partial charge in [0, 0.05) is 6.54 Å². The van der Waals surface area contributed by atoms with Crippen molar-refractivity contribution in [1.29, 1.82) is 0 Å². The number of hydrogen-bond acceptors (Lipinski definition) is 2. The van der Waals surface area contributed by atoms with Crippen molar-refractivity contribution in [3.8, 4) is 0 Å². The monoisotopic (exact) mass is 244 g/mol. The van der Waals surface area contributed by atoms with E-state index in [2.05, 4.69) is 30.1 Å². The second-order valence-corrected chi connectivity index (χ2v) is 5.47. The first-order chi connectivity index (χ1) is 8.70. The van der Waals surface area contributed by atoms with Crippen LogP contribution in [-0.4, -0.2) is 18.5 Å². The quantitative estimate of drug-likeness (QED) is 0.823. The normalized spacial score (nSPS) is 26.3. The number of nitrogens with one attached hydrogen (secondary N) is 1. The summed E-state index contributed by atoms with van der Waals surface area (Å²) in [5, 5.41) is 3.06. The highest BCUT2D eigenvalue weighted by Gasteiger charge is 2.37. The van der Waals surface area contributed by atoms with Gasteiger partial charge < -0.3 is 10.2 Å². The van der Waals surface area contributed by atoms with Gasteiger partial charge in [0.15, 0.2) is 0 Å². The zero-order chi connectivity index (χ0) is 12.7. The van der Waals surface area contributed by atoms with Gasteiger partial charge in [-0.3, -0.25) is 4.79 Å². The first-order valence-corrected chi connectivity index (χ1v) is 6.87. The molecule has 0 aliphatic carbocycles. The van der Waals surface area contributed by atoms with E-state index < -0.39 is 0 Å². The Morgan fingerprint density at radius 1 is 1.44 bits per heavy atom. The number of nitrogens with zero attached hydrogens (tertiary/aromatic N) is 1. The van der Waals surface area contributed by atoms with E-state index in [9.17, 15) is 4.79 Å². The second kappa shape index (κ2) is 4.30. The van der Waals surface area contributed by atoms with Crippen LogP contribution in [0.2, 0.25) is 0 Å². The molecule has 1 amide bonds. The SMILES string of the molecule is CCC1CCN2c3c(C)cccc3NC(=O)C2C1. The van der Waals surface area contributed by atoms with Crippen molar-refractivity contribution in [2.45, 2.75) is 39.2 Å². The summed E-state index contributed by atoms with van der Waals surface area (Å²) in [4.78, 5) is 14.5. The van der Waals surface area contributed by atoms with Gasteiger partial charge in [0.2, 0.25) is 5.91 Å². The van der Waals surface area contributed by atoms with Crippen LogP contribution in [0.4, 0.5) is 11.4 Å². The molecule has 2 aliphatic rings. The van der Waals surface area contributed by atoms with Crippen LogP contribution in [0.1, 0.15) is 31.7 Å². The fraction of sp³-hybridized carbons (Fsp3) is 0.533. The topological polar surface area (TPSA) is 32.3 Å². The molecule has 2 aliphatic heterocycles. The average Bonchev–Trinajstić information content (AvgIpc) is 2.38. The maximum atomic E-state index is 12.2. The van der Waals surface area contributed by atoms with E-state index in [1.54, 1.807) is 0 Å². The van der Waals surface area contributed by atoms with Crippen LogP contribution in [0.25, 0.3) is 0 Å². The minimum atomic E-state index is 0.0392. The minimum Gasteiger partial charge on any atom is -0.358 e. The van der Waals surface area contributed by atoms with Crippen LogP contribution in [0.5, 0.6) is 0 Å². The molecule has 3 heteroatoms. The molecular weight excluding hydrogens is 224 g/mol. The fourth-order valence-electron chi connectivity index (χ4n) is 3.28. The Labute approximate surface area is 108 Å². The fourth-order valence-corrected chi connectivity index (χ4v) is 3.28. The molecular formula is C15H20N2O. The number of piperidine rings is 1.